The average molecular weight is 301 g/mol. The Balaban J connectivity index is 2.76. The van der Waals surface area contributed by atoms with E-state index in [-0.39, 0.29) is 6.42 Å². The van der Waals surface area contributed by atoms with Gasteiger partial charge in [-0.1, -0.05) is 0 Å². The fourth-order valence-corrected chi connectivity index (χ4v) is 1.62. The Morgan fingerprint density at radius 2 is 2.27 bits per heavy atom. The first-order chi connectivity index (χ1) is 6.93. The van der Waals surface area contributed by atoms with Crippen molar-refractivity contribution in [1.82, 2.24) is 10.4 Å². The summed E-state index contributed by atoms with van der Waals surface area (Å²) < 4.78 is 26.2. The molecule has 0 saturated carbocycles. The number of rotatable bonds is 4. The van der Waals surface area contributed by atoms with E-state index in [1.165, 1.54) is 6.20 Å². The number of nitrogens with zero attached hydrogens (tertiary/aromatic N) is 1. The van der Waals surface area contributed by atoms with Crippen molar-refractivity contribution in [2.75, 3.05) is 0 Å². The molecule has 15 heavy (non-hydrogen) atoms. The largest absolute Gasteiger partial charge is 0.338 e. The fourth-order valence-electron chi connectivity index (χ4n) is 1.07. The Kier molecular flexibility index (Phi) is 4.39. The van der Waals surface area contributed by atoms with Gasteiger partial charge in [0.05, 0.1) is 0 Å². The molecule has 0 spiro atoms. The molecule has 0 aliphatic carbocycles. The van der Waals surface area contributed by atoms with E-state index in [9.17, 15) is 8.78 Å². The summed E-state index contributed by atoms with van der Waals surface area (Å²) in [7, 11) is 0. The van der Waals surface area contributed by atoms with Crippen molar-refractivity contribution in [1.29, 1.82) is 0 Å². The maximum Gasteiger partial charge on any atom is 0.338 e. The molecular weight excluding hydrogens is 291 g/mol. The Bertz CT molecular complexity index is 332. The molecule has 3 nitrogen and oxygen atoms in total. The van der Waals surface area contributed by atoms with Crippen molar-refractivity contribution < 1.29 is 8.78 Å². The van der Waals surface area contributed by atoms with Crippen LogP contribution in [0.3, 0.4) is 0 Å². The van der Waals surface area contributed by atoms with Crippen LogP contribution in [0, 0.1) is 0 Å². The van der Waals surface area contributed by atoms with Crippen molar-refractivity contribution in [2.24, 2.45) is 5.84 Å². The van der Waals surface area contributed by atoms with Gasteiger partial charge in [-0.05, 0) is 45.6 Å². The van der Waals surface area contributed by atoms with E-state index < -0.39 is 11.4 Å². The fraction of sp³-hybridized carbons (Fsp3) is 0.375. The molecule has 1 aromatic heterocycles. The highest BCUT2D eigenvalue weighted by Crippen LogP contribution is 2.25. The lowest BCUT2D eigenvalue weighted by Crippen LogP contribution is -2.46. The molecule has 0 bridgehead atoms. The second kappa shape index (κ2) is 5.16. The summed E-state index contributed by atoms with van der Waals surface area (Å²) in [5, 5.41) is -3.39. The monoisotopic (exact) mass is 299 g/mol. The van der Waals surface area contributed by atoms with Gasteiger partial charge in [-0.2, -0.15) is 8.78 Å². The first-order valence-electron chi connectivity index (χ1n) is 4.05. The summed E-state index contributed by atoms with van der Waals surface area (Å²) >= 11 is 8.07. The van der Waals surface area contributed by atoms with Gasteiger partial charge >= 0.3 is 5.38 Å². The summed E-state index contributed by atoms with van der Waals surface area (Å²) in [6.07, 6.45) is 3.05. The molecule has 0 amide bonds. The van der Waals surface area contributed by atoms with Crippen LogP contribution in [-0.2, 0) is 6.42 Å². The first-order valence-corrected chi connectivity index (χ1v) is 5.23. The summed E-state index contributed by atoms with van der Waals surface area (Å²) in [6.45, 7) is 0. The Morgan fingerprint density at radius 3 is 2.73 bits per heavy atom. The lowest BCUT2D eigenvalue weighted by atomic mass is 10.1. The molecule has 1 rings (SSSR count). The zero-order valence-electron chi connectivity index (χ0n) is 7.55. The van der Waals surface area contributed by atoms with E-state index in [1.54, 1.807) is 12.3 Å². The van der Waals surface area contributed by atoms with Crippen molar-refractivity contribution in [3.8, 4) is 0 Å². The molecule has 7 heteroatoms. The molecular formula is C8H9BrClF2N3. The summed E-state index contributed by atoms with van der Waals surface area (Å²) in [6, 6.07) is 0.357. The summed E-state index contributed by atoms with van der Waals surface area (Å²) in [4.78, 5) is 3.85. The average Bonchev–Trinajstić information content (AvgIpc) is 2.12. The van der Waals surface area contributed by atoms with Gasteiger partial charge in [0.15, 0.2) is 0 Å². The molecule has 0 radical (unpaired) electrons. The van der Waals surface area contributed by atoms with Crippen molar-refractivity contribution in [3.05, 3.63) is 28.5 Å². The predicted molar refractivity (Wildman–Crippen MR) is 57.6 cm³/mol. The van der Waals surface area contributed by atoms with Gasteiger partial charge in [0.2, 0.25) is 0 Å². The van der Waals surface area contributed by atoms with Crippen LogP contribution < -0.4 is 11.3 Å². The van der Waals surface area contributed by atoms with Crippen LogP contribution in [-0.4, -0.2) is 16.4 Å². The SMILES string of the molecule is NNC(Cc1cncc(Br)c1)C(F)(F)Cl. The van der Waals surface area contributed by atoms with Gasteiger partial charge in [0.25, 0.3) is 0 Å². The molecule has 0 saturated heterocycles. The van der Waals surface area contributed by atoms with E-state index >= 15 is 0 Å². The zero-order chi connectivity index (χ0) is 11.5. The number of hydrazine groups is 1. The number of halogens is 4. The van der Waals surface area contributed by atoms with Crippen molar-refractivity contribution in [3.63, 3.8) is 0 Å². The number of aromatic nitrogens is 1. The maximum absolute atomic E-state index is 12.8. The van der Waals surface area contributed by atoms with E-state index in [0.29, 0.717) is 10.0 Å². The molecule has 3 N–H and O–H groups in total. The summed E-state index contributed by atoms with van der Waals surface area (Å²) in [5.74, 6) is 5.00. The third-order valence-corrected chi connectivity index (χ3v) is 2.49. The molecule has 1 heterocycles. The predicted octanol–water partition coefficient (Wildman–Crippen LogP) is 2.05. The minimum Gasteiger partial charge on any atom is -0.271 e. The molecule has 0 aliphatic heterocycles. The molecule has 1 atom stereocenters. The number of pyridine rings is 1. The lowest BCUT2D eigenvalue weighted by molar-refractivity contribution is 0.0502. The van der Waals surface area contributed by atoms with Gasteiger partial charge in [-0.25, -0.2) is 5.43 Å². The number of hydrogen-bond acceptors (Lipinski definition) is 3. The van der Waals surface area contributed by atoms with Gasteiger partial charge in [-0.3, -0.25) is 10.8 Å². The Labute approximate surface area is 99.1 Å². The third-order valence-electron chi connectivity index (χ3n) is 1.80. The smallest absolute Gasteiger partial charge is 0.271 e. The van der Waals surface area contributed by atoms with Crippen LogP contribution in [0.2, 0.25) is 0 Å². The number of hydrogen-bond donors (Lipinski definition) is 2. The third kappa shape index (κ3) is 3.98. The van der Waals surface area contributed by atoms with Gasteiger partial charge in [0.1, 0.15) is 6.04 Å². The van der Waals surface area contributed by atoms with Crippen LogP contribution in [0.1, 0.15) is 5.56 Å². The molecule has 0 fully saturated rings. The topological polar surface area (TPSA) is 50.9 Å². The van der Waals surface area contributed by atoms with Crippen LogP contribution in [0.25, 0.3) is 0 Å². The molecule has 0 aliphatic rings. The Hall–Kier alpha value is -0.300. The second-order valence-electron chi connectivity index (χ2n) is 2.98. The van der Waals surface area contributed by atoms with E-state index in [1.807, 2.05) is 5.43 Å². The van der Waals surface area contributed by atoms with Gasteiger partial charge in [-0.15, -0.1) is 0 Å². The van der Waals surface area contributed by atoms with Crippen LogP contribution in [0.15, 0.2) is 22.9 Å². The molecule has 0 aromatic carbocycles. The molecule has 1 aromatic rings. The maximum atomic E-state index is 12.8. The normalized spacial score (nSPS) is 13.9. The second-order valence-corrected chi connectivity index (χ2v) is 4.40. The van der Waals surface area contributed by atoms with Crippen molar-refractivity contribution in [2.45, 2.75) is 17.8 Å². The minimum atomic E-state index is -3.39. The van der Waals surface area contributed by atoms with Crippen LogP contribution in [0.4, 0.5) is 8.78 Å². The quantitative estimate of drug-likeness (QED) is 0.508. The highest BCUT2D eigenvalue weighted by atomic mass is 79.9. The van der Waals surface area contributed by atoms with Gasteiger partial charge in [0, 0.05) is 16.9 Å². The van der Waals surface area contributed by atoms with E-state index in [4.69, 9.17) is 17.4 Å². The standard InChI is InChI=1S/C8H9BrClF2N3/c9-6-1-5(3-14-4-6)2-7(15-13)8(10,11)12/h1,3-4,7,15H,2,13H2. The van der Waals surface area contributed by atoms with Gasteiger partial charge < -0.3 is 0 Å². The Morgan fingerprint density at radius 1 is 1.60 bits per heavy atom. The minimum absolute atomic E-state index is 0.000556. The first kappa shape index (κ1) is 12.8. The molecule has 1 unspecified atom stereocenters. The zero-order valence-corrected chi connectivity index (χ0v) is 9.89. The highest BCUT2D eigenvalue weighted by Gasteiger charge is 2.36. The van der Waals surface area contributed by atoms with E-state index in [2.05, 4.69) is 20.9 Å². The number of nitrogens with one attached hydrogen (secondary N) is 1. The van der Waals surface area contributed by atoms with Crippen LogP contribution in [0.5, 0.6) is 0 Å². The summed E-state index contributed by atoms with van der Waals surface area (Å²) in [5.41, 5.74) is 2.60. The lowest BCUT2D eigenvalue weighted by Gasteiger charge is -2.20. The number of alkyl halides is 3. The van der Waals surface area contributed by atoms with E-state index in [0.717, 1.165) is 0 Å². The highest BCUT2D eigenvalue weighted by molar-refractivity contribution is 9.10. The molecule has 84 valence electrons. The van der Waals surface area contributed by atoms with Crippen molar-refractivity contribution >= 4 is 27.5 Å². The van der Waals surface area contributed by atoms with Crippen LogP contribution >= 0.6 is 27.5 Å². The number of nitrogens with two attached hydrogens (primary N) is 1.